The summed E-state index contributed by atoms with van der Waals surface area (Å²) in [5.41, 5.74) is 6.17. The minimum absolute atomic E-state index is 0.130. The molecule has 6 heteroatoms. The van der Waals surface area contributed by atoms with E-state index in [1.165, 1.54) is 0 Å². The number of benzene rings is 2. The molecule has 0 fully saturated rings. The number of para-hydroxylation sites is 1. The zero-order valence-electron chi connectivity index (χ0n) is 19.4. The molecule has 0 radical (unpaired) electrons. The molecule has 0 amide bonds. The van der Waals surface area contributed by atoms with Gasteiger partial charge >= 0.3 is 5.97 Å². The highest BCUT2D eigenvalue weighted by atomic mass is 16.5. The molecular weight excluding hydrogens is 428 g/mol. The van der Waals surface area contributed by atoms with Crippen LogP contribution < -0.4 is 4.74 Å². The van der Waals surface area contributed by atoms with Gasteiger partial charge in [0.2, 0.25) is 0 Å². The molecular formula is C28H28N2O4. The van der Waals surface area contributed by atoms with Crippen molar-refractivity contribution in [3.05, 3.63) is 96.2 Å². The standard InChI is InChI=1S/C28H28N2O4/c1-20(9-14-27(31)32)15-17-34-26-7-4-3-6-23(26)18-24-28(29-19-30(24)2)22-12-10-21(11-13-22)25-8-5-16-33-25/h3-8,10-13,15-16,19H,9,14,17-18H2,1-2H3,(H,31,32)/b20-15+. The van der Waals surface area contributed by atoms with Gasteiger partial charge < -0.3 is 18.8 Å². The van der Waals surface area contributed by atoms with Crippen molar-refractivity contribution in [2.45, 2.75) is 26.2 Å². The van der Waals surface area contributed by atoms with Gasteiger partial charge in [0, 0.05) is 42.3 Å². The first kappa shape index (κ1) is 23.1. The van der Waals surface area contributed by atoms with E-state index < -0.39 is 5.97 Å². The molecule has 6 nitrogen and oxygen atoms in total. The van der Waals surface area contributed by atoms with Crippen molar-refractivity contribution < 1.29 is 19.1 Å². The lowest BCUT2D eigenvalue weighted by molar-refractivity contribution is -0.136. The Balaban J connectivity index is 1.50. The van der Waals surface area contributed by atoms with Crippen molar-refractivity contribution in [2.24, 2.45) is 7.05 Å². The smallest absolute Gasteiger partial charge is 0.303 e. The fourth-order valence-corrected chi connectivity index (χ4v) is 3.79. The summed E-state index contributed by atoms with van der Waals surface area (Å²) in [5.74, 6) is 0.859. The summed E-state index contributed by atoms with van der Waals surface area (Å²) in [6.45, 7) is 2.33. The number of carboxylic acid groups (broad SMARTS) is 1. The van der Waals surface area contributed by atoms with E-state index in [1.54, 1.807) is 6.26 Å². The van der Waals surface area contributed by atoms with Crippen LogP contribution in [0.25, 0.3) is 22.6 Å². The molecule has 34 heavy (non-hydrogen) atoms. The molecule has 0 atom stereocenters. The third kappa shape index (κ3) is 5.64. The number of rotatable bonds is 10. The number of carbonyl (C=O) groups is 1. The van der Waals surface area contributed by atoms with Gasteiger partial charge in [-0.3, -0.25) is 4.79 Å². The molecule has 0 aliphatic heterocycles. The third-order valence-corrected chi connectivity index (χ3v) is 5.76. The number of carboxylic acids is 1. The van der Waals surface area contributed by atoms with Gasteiger partial charge in [0.25, 0.3) is 0 Å². The molecule has 0 aliphatic carbocycles. The number of aromatic nitrogens is 2. The van der Waals surface area contributed by atoms with E-state index in [1.807, 2.05) is 73.4 Å². The average molecular weight is 457 g/mol. The van der Waals surface area contributed by atoms with E-state index in [0.717, 1.165) is 45.2 Å². The Morgan fingerprint density at radius 3 is 2.56 bits per heavy atom. The molecule has 4 aromatic rings. The number of allylic oxidation sites excluding steroid dienone is 1. The van der Waals surface area contributed by atoms with Crippen LogP contribution in [-0.4, -0.2) is 27.2 Å². The van der Waals surface area contributed by atoms with Gasteiger partial charge in [-0.15, -0.1) is 0 Å². The van der Waals surface area contributed by atoms with Gasteiger partial charge in [-0.2, -0.15) is 0 Å². The van der Waals surface area contributed by atoms with Crippen molar-refractivity contribution in [2.75, 3.05) is 6.61 Å². The van der Waals surface area contributed by atoms with E-state index >= 15 is 0 Å². The van der Waals surface area contributed by atoms with Gasteiger partial charge in [-0.1, -0.05) is 48.0 Å². The molecule has 1 N–H and O–H groups in total. The number of aryl methyl sites for hydroxylation is 1. The molecule has 2 aromatic heterocycles. The number of hydrogen-bond donors (Lipinski definition) is 1. The zero-order chi connectivity index (χ0) is 23.9. The molecule has 0 spiro atoms. The van der Waals surface area contributed by atoms with Crippen molar-refractivity contribution in [3.8, 4) is 28.3 Å². The van der Waals surface area contributed by atoms with Crippen LogP contribution >= 0.6 is 0 Å². The number of hydrogen-bond acceptors (Lipinski definition) is 4. The van der Waals surface area contributed by atoms with E-state index in [4.69, 9.17) is 14.3 Å². The average Bonchev–Trinajstić information content (AvgIpc) is 3.50. The number of aliphatic carboxylic acids is 1. The first-order valence-corrected chi connectivity index (χ1v) is 11.2. The summed E-state index contributed by atoms with van der Waals surface area (Å²) >= 11 is 0. The Morgan fingerprint density at radius 1 is 1.06 bits per heavy atom. The monoisotopic (exact) mass is 456 g/mol. The lowest BCUT2D eigenvalue weighted by Gasteiger charge is -2.12. The van der Waals surface area contributed by atoms with Crippen LogP contribution in [0.15, 0.2) is 89.3 Å². The van der Waals surface area contributed by atoms with Crippen molar-refractivity contribution in [1.82, 2.24) is 9.55 Å². The van der Waals surface area contributed by atoms with Gasteiger partial charge in [0.05, 0.1) is 18.3 Å². The largest absolute Gasteiger partial charge is 0.489 e. The van der Waals surface area contributed by atoms with Crippen LogP contribution in [0.3, 0.4) is 0 Å². The Morgan fingerprint density at radius 2 is 1.82 bits per heavy atom. The molecule has 174 valence electrons. The van der Waals surface area contributed by atoms with Crippen LogP contribution in [0.4, 0.5) is 0 Å². The maximum absolute atomic E-state index is 10.8. The number of nitrogens with zero attached hydrogens (tertiary/aromatic N) is 2. The molecule has 0 saturated carbocycles. The topological polar surface area (TPSA) is 77.5 Å². The minimum atomic E-state index is -0.790. The second-order valence-corrected chi connectivity index (χ2v) is 8.25. The van der Waals surface area contributed by atoms with Gasteiger partial charge in [0.1, 0.15) is 18.1 Å². The maximum Gasteiger partial charge on any atom is 0.303 e. The number of furan rings is 1. The second kappa shape index (κ2) is 10.7. The van der Waals surface area contributed by atoms with Crippen molar-refractivity contribution in [1.29, 1.82) is 0 Å². The summed E-state index contributed by atoms with van der Waals surface area (Å²) in [6, 6.07) is 20.0. The van der Waals surface area contributed by atoms with Crippen LogP contribution in [0, 0.1) is 0 Å². The summed E-state index contributed by atoms with van der Waals surface area (Å²) in [5, 5.41) is 8.84. The third-order valence-electron chi connectivity index (χ3n) is 5.76. The highest BCUT2D eigenvalue weighted by Crippen LogP contribution is 2.29. The first-order valence-electron chi connectivity index (χ1n) is 11.2. The molecule has 0 unspecified atom stereocenters. The lowest BCUT2D eigenvalue weighted by Crippen LogP contribution is -2.03. The Bertz CT molecular complexity index is 1270. The summed E-state index contributed by atoms with van der Waals surface area (Å²) in [6.07, 6.45) is 6.78. The van der Waals surface area contributed by atoms with Crippen LogP contribution in [-0.2, 0) is 18.3 Å². The van der Waals surface area contributed by atoms with Crippen LogP contribution in [0.1, 0.15) is 31.0 Å². The summed E-state index contributed by atoms with van der Waals surface area (Å²) in [7, 11) is 2.00. The van der Waals surface area contributed by atoms with E-state index in [9.17, 15) is 4.79 Å². The normalized spacial score (nSPS) is 11.5. The predicted molar refractivity (Wildman–Crippen MR) is 132 cm³/mol. The number of imidazole rings is 1. The van der Waals surface area contributed by atoms with Crippen LogP contribution in [0.2, 0.25) is 0 Å². The molecule has 0 aliphatic rings. The highest BCUT2D eigenvalue weighted by Gasteiger charge is 2.14. The van der Waals surface area contributed by atoms with E-state index in [0.29, 0.717) is 19.4 Å². The summed E-state index contributed by atoms with van der Waals surface area (Å²) in [4.78, 5) is 15.4. The minimum Gasteiger partial charge on any atom is -0.489 e. The molecule has 4 rings (SSSR count). The first-order chi connectivity index (χ1) is 16.5. The van der Waals surface area contributed by atoms with E-state index in [-0.39, 0.29) is 6.42 Å². The number of ether oxygens (including phenoxy) is 1. The molecule has 0 bridgehead atoms. The zero-order valence-corrected chi connectivity index (χ0v) is 19.4. The Labute approximate surface area is 199 Å². The summed E-state index contributed by atoms with van der Waals surface area (Å²) < 4.78 is 13.6. The van der Waals surface area contributed by atoms with E-state index in [2.05, 4.69) is 23.2 Å². The Hall–Kier alpha value is -4.06. The second-order valence-electron chi connectivity index (χ2n) is 8.25. The molecule has 0 saturated heterocycles. The quantitative estimate of drug-likeness (QED) is 0.291. The fraction of sp³-hybridized carbons (Fsp3) is 0.214. The predicted octanol–water partition coefficient (Wildman–Crippen LogP) is 6.13. The van der Waals surface area contributed by atoms with Gasteiger partial charge in [-0.05, 0) is 37.6 Å². The molecule has 2 heterocycles. The van der Waals surface area contributed by atoms with Crippen LogP contribution in [0.5, 0.6) is 5.75 Å². The lowest BCUT2D eigenvalue weighted by atomic mass is 10.0. The highest BCUT2D eigenvalue weighted by molar-refractivity contribution is 5.68. The van der Waals surface area contributed by atoms with Gasteiger partial charge in [0.15, 0.2) is 0 Å². The molecule has 2 aromatic carbocycles. The van der Waals surface area contributed by atoms with Crippen molar-refractivity contribution >= 4 is 5.97 Å². The maximum atomic E-state index is 10.8. The SMILES string of the molecule is C/C(=C\COc1ccccc1Cc1c(-c2ccc(-c3ccco3)cc2)ncn1C)CCC(=O)O. The Kier molecular flexibility index (Phi) is 7.28. The fourth-order valence-electron chi connectivity index (χ4n) is 3.79. The van der Waals surface area contributed by atoms with Crippen molar-refractivity contribution in [3.63, 3.8) is 0 Å². The van der Waals surface area contributed by atoms with Gasteiger partial charge in [-0.25, -0.2) is 4.98 Å².